The van der Waals surface area contributed by atoms with Gasteiger partial charge in [-0.3, -0.25) is 4.79 Å². The number of carbonyl (C=O) groups is 1. The van der Waals surface area contributed by atoms with Crippen molar-refractivity contribution in [3.63, 3.8) is 0 Å². The average molecular weight is 382 g/mol. The molecule has 0 aliphatic rings. The molecule has 28 heavy (non-hydrogen) atoms. The lowest BCUT2D eigenvalue weighted by Crippen LogP contribution is -2.01. The molecule has 2 rings (SSSR count). The maximum atomic E-state index is 12.0. The van der Waals surface area contributed by atoms with E-state index in [1.165, 1.54) is 0 Å². The lowest BCUT2D eigenvalue weighted by molar-refractivity contribution is -0.114. The fourth-order valence-electron chi connectivity index (χ4n) is 2.83. The Balaban J connectivity index is 2.43. The number of benzene rings is 2. The van der Waals surface area contributed by atoms with Crippen LogP contribution in [-0.4, -0.2) is 34.2 Å². The van der Waals surface area contributed by atoms with Crippen LogP contribution in [0, 0.1) is 0 Å². The van der Waals surface area contributed by atoms with E-state index in [1.807, 2.05) is 49.4 Å². The Kier molecular flexibility index (Phi) is 7.69. The summed E-state index contributed by atoms with van der Waals surface area (Å²) in [5.41, 5.74) is 2.71. The van der Waals surface area contributed by atoms with Gasteiger partial charge in [0.15, 0.2) is 17.3 Å². The van der Waals surface area contributed by atoms with Gasteiger partial charge in [0.25, 0.3) is 0 Å². The number of rotatable bonds is 9. The molecular weight excluding hydrogens is 356 g/mol. The standard InChI is InChI=1S/C23H26O5/c1-6-7-19(24)14-17-10-11-20(25-2)15-18(17)9-8-16-12-21(26-3)23(28-5)22(13-16)27-4/h6-13,15H,14H2,1-5H3/b7-6+,9-8-. The monoisotopic (exact) mass is 382 g/mol. The maximum absolute atomic E-state index is 12.0. The zero-order chi connectivity index (χ0) is 20.5. The number of ether oxygens (including phenoxy) is 4. The van der Waals surface area contributed by atoms with E-state index in [-0.39, 0.29) is 5.78 Å². The van der Waals surface area contributed by atoms with Crippen molar-refractivity contribution < 1.29 is 23.7 Å². The van der Waals surface area contributed by atoms with Gasteiger partial charge >= 0.3 is 0 Å². The van der Waals surface area contributed by atoms with Crippen molar-refractivity contribution >= 4 is 17.9 Å². The van der Waals surface area contributed by atoms with E-state index in [2.05, 4.69) is 0 Å². The van der Waals surface area contributed by atoms with Crippen LogP contribution in [0.5, 0.6) is 23.0 Å². The van der Waals surface area contributed by atoms with Crippen molar-refractivity contribution in [2.24, 2.45) is 0 Å². The Morgan fingerprint density at radius 1 is 0.893 bits per heavy atom. The smallest absolute Gasteiger partial charge is 0.203 e. The highest BCUT2D eigenvalue weighted by atomic mass is 16.5. The summed E-state index contributed by atoms with van der Waals surface area (Å²) in [4.78, 5) is 12.0. The SMILES string of the molecule is C/C=C/C(=O)Cc1ccc(OC)cc1/C=C\c1cc(OC)c(OC)c(OC)c1. The quantitative estimate of drug-likeness (QED) is 0.469. The minimum Gasteiger partial charge on any atom is -0.497 e. The van der Waals surface area contributed by atoms with Gasteiger partial charge in [0.05, 0.1) is 28.4 Å². The number of methoxy groups -OCH3 is 4. The van der Waals surface area contributed by atoms with Gasteiger partial charge in [-0.05, 0) is 54.0 Å². The molecule has 0 radical (unpaired) electrons. The van der Waals surface area contributed by atoms with Gasteiger partial charge in [-0.1, -0.05) is 24.3 Å². The van der Waals surface area contributed by atoms with Gasteiger partial charge in [0.1, 0.15) is 5.75 Å². The van der Waals surface area contributed by atoms with E-state index >= 15 is 0 Å². The summed E-state index contributed by atoms with van der Waals surface area (Å²) in [6.07, 6.45) is 7.53. The Hall–Kier alpha value is -3.21. The second-order valence-electron chi connectivity index (χ2n) is 6.00. The Morgan fingerprint density at radius 2 is 1.57 bits per heavy atom. The van der Waals surface area contributed by atoms with Crippen LogP contribution >= 0.6 is 0 Å². The van der Waals surface area contributed by atoms with Crippen LogP contribution in [-0.2, 0) is 11.2 Å². The minimum atomic E-state index is 0.0510. The molecule has 0 saturated heterocycles. The number of carbonyl (C=O) groups excluding carboxylic acids is 1. The molecule has 0 amide bonds. The van der Waals surface area contributed by atoms with Gasteiger partial charge in [0, 0.05) is 6.42 Å². The van der Waals surface area contributed by atoms with Crippen LogP contribution in [0.1, 0.15) is 23.6 Å². The Labute approximate surface area is 166 Å². The molecule has 2 aromatic carbocycles. The van der Waals surface area contributed by atoms with Gasteiger partial charge in [-0.2, -0.15) is 0 Å². The molecule has 0 atom stereocenters. The molecule has 0 saturated carbocycles. The zero-order valence-corrected chi connectivity index (χ0v) is 16.9. The van der Waals surface area contributed by atoms with E-state index in [0.717, 1.165) is 22.4 Å². The van der Waals surface area contributed by atoms with Gasteiger partial charge in [-0.15, -0.1) is 0 Å². The largest absolute Gasteiger partial charge is 0.497 e. The summed E-state index contributed by atoms with van der Waals surface area (Å²) < 4.78 is 21.5. The molecule has 0 bridgehead atoms. The van der Waals surface area contributed by atoms with Crippen LogP contribution in [0.2, 0.25) is 0 Å². The minimum absolute atomic E-state index is 0.0510. The first-order valence-corrected chi connectivity index (χ1v) is 8.86. The number of allylic oxidation sites excluding steroid dienone is 2. The summed E-state index contributed by atoms with van der Waals surface area (Å²) in [6.45, 7) is 1.83. The first kappa shape index (κ1) is 21.1. The van der Waals surface area contributed by atoms with Crippen molar-refractivity contribution in [2.75, 3.05) is 28.4 Å². The van der Waals surface area contributed by atoms with Crippen LogP contribution in [0.4, 0.5) is 0 Å². The zero-order valence-electron chi connectivity index (χ0n) is 16.9. The van der Waals surface area contributed by atoms with E-state index in [0.29, 0.717) is 23.7 Å². The summed E-state index contributed by atoms with van der Waals surface area (Å²) in [7, 11) is 6.35. The first-order valence-electron chi connectivity index (χ1n) is 8.86. The first-order chi connectivity index (χ1) is 13.6. The van der Waals surface area contributed by atoms with Gasteiger partial charge in [-0.25, -0.2) is 0 Å². The molecule has 0 fully saturated rings. The molecule has 148 valence electrons. The fraction of sp³-hybridized carbons (Fsp3) is 0.261. The predicted octanol–water partition coefficient (Wildman–Crippen LogP) is 4.58. The predicted molar refractivity (Wildman–Crippen MR) is 112 cm³/mol. The van der Waals surface area contributed by atoms with Crippen LogP contribution < -0.4 is 18.9 Å². The molecule has 0 aromatic heterocycles. The molecule has 5 nitrogen and oxygen atoms in total. The third-order valence-corrected chi connectivity index (χ3v) is 4.21. The summed E-state index contributed by atoms with van der Waals surface area (Å²) in [6, 6.07) is 9.41. The highest BCUT2D eigenvalue weighted by molar-refractivity contribution is 5.92. The Morgan fingerprint density at radius 3 is 2.11 bits per heavy atom. The van der Waals surface area contributed by atoms with Crippen molar-refractivity contribution in [3.05, 3.63) is 59.2 Å². The van der Waals surface area contributed by atoms with Gasteiger partial charge < -0.3 is 18.9 Å². The molecule has 0 heterocycles. The van der Waals surface area contributed by atoms with Crippen molar-refractivity contribution in [1.82, 2.24) is 0 Å². The van der Waals surface area contributed by atoms with Gasteiger partial charge in [0.2, 0.25) is 5.75 Å². The average Bonchev–Trinajstić information content (AvgIpc) is 2.72. The number of hydrogen-bond donors (Lipinski definition) is 0. The van der Waals surface area contributed by atoms with Crippen molar-refractivity contribution in [2.45, 2.75) is 13.3 Å². The molecule has 5 heteroatoms. The van der Waals surface area contributed by atoms with Crippen LogP contribution in [0.25, 0.3) is 12.2 Å². The topological polar surface area (TPSA) is 54.0 Å². The highest BCUT2D eigenvalue weighted by Crippen LogP contribution is 2.38. The third kappa shape index (κ3) is 5.16. The van der Waals surface area contributed by atoms with E-state index in [9.17, 15) is 4.79 Å². The molecule has 0 spiro atoms. The molecule has 0 aliphatic carbocycles. The van der Waals surface area contributed by atoms with E-state index in [4.69, 9.17) is 18.9 Å². The number of hydrogen-bond acceptors (Lipinski definition) is 5. The molecule has 0 unspecified atom stereocenters. The molecule has 2 aromatic rings. The van der Waals surface area contributed by atoms with E-state index in [1.54, 1.807) is 40.6 Å². The van der Waals surface area contributed by atoms with Crippen LogP contribution in [0.15, 0.2) is 42.5 Å². The maximum Gasteiger partial charge on any atom is 0.203 e. The molecule has 0 aliphatic heterocycles. The van der Waals surface area contributed by atoms with Crippen molar-refractivity contribution in [3.8, 4) is 23.0 Å². The third-order valence-electron chi connectivity index (χ3n) is 4.21. The molecule has 0 N–H and O–H groups in total. The summed E-state index contributed by atoms with van der Waals surface area (Å²) >= 11 is 0. The second kappa shape index (κ2) is 10.2. The van der Waals surface area contributed by atoms with E-state index < -0.39 is 0 Å². The second-order valence-corrected chi connectivity index (χ2v) is 6.00. The highest BCUT2D eigenvalue weighted by Gasteiger charge is 2.12. The fourth-order valence-corrected chi connectivity index (χ4v) is 2.83. The summed E-state index contributed by atoms with van der Waals surface area (Å²) in [5.74, 6) is 2.48. The lowest BCUT2D eigenvalue weighted by Gasteiger charge is -2.13. The number of ketones is 1. The summed E-state index contributed by atoms with van der Waals surface area (Å²) in [5, 5.41) is 0. The van der Waals surface area contributed by atoms with Crippen molar-refractivity contribution in [1.29, 1.82) is 0 Å². The Bertz CT molecular complexity index is 856. The molecular formula is C23H26O5. The normalized spacial score (nSPS) is 11.0. The van der Waals surface area contributed by atoms with Crippen LogP contribution in [0.3, 0.4) is 0 Å². The lowest BCUT2D eigenvalue weighted by atomic mass is 10.0.